The molecule has 0 aliphatic carbocycles. The Kier molecular flexibility index (Phi) is 6.46. The van der Waals surface area contributed by atoms with Crippen LogP contribution in [0.4, 0.5) is 0 Å². The van der Waals surface area contributed by atoms with E-state index in [1.807, 2.05) is 53.1 Å². The Morgan fingerprint density at radius 2 is 1.70 bits per heavy atom. The van der Waals surface area contributed by atoms with E-state index in [1.165, 1.54) is 11.8 Å². The highest BCUT2D eigenvalue weighted by Gasteiger charge is 2.18. The van der Waals surface area contributed by atoms with E-state index in [1.54, 1.807) is 18.2 Å². The molecule has 0 saturated heterocycles. The summed E-state index contributed by atoms with van der Waals surface area (Å²) in [6, 6.07) is 25.6. The zero-order valence-electron chi connectivity index (χ0n) is 17.8. The first kappa shape index (κ1) is 21.4. The van der Waals surface area contributed by atoms with Crippen LogP contribution in [0.2, 0.25) is 0 Å². The summed E-state index contributed by atoms with van der Waals surface area (Å²) >= 11 is 1.45. The molecule has 1 N–H and O–H groups in total. The molecule has 7 nitrogen and oxygen atoms in total. The molecule has 0 radical (unpaired) electrons. The number of hydrogen-bond acceptors (Lipinski definition) is 7. The van der Waals surface area contributed by atoms with Crippen molar-refractivity contribution in [1.82, 2.24) is 14.8 Å². The quantitative estimate of drug-likeness (QED) is 0.376. The van der Waals surface area contributed by atoms with Crippen LogP contribution in [-0.2, 0) is 6.42 Å². The molecular weight excluding hydrogens is 438 g/mol. The van der Waals surface area contributed by atoms with Gasteiger partial charge in [-0.1, -0.05) is 60.3 Å². The molecule has 1 aromatic heterocycles. The number of rotatable bonds is 9. The molecule has 1 unspecified atom stereocenters. The minimum atomic E-state index is -0.682. The van der Waals surface area contributed by atoms with Gasteiger partial charge in [0.2, 0.25) is 6.79 Å². The number of hydrogen-bond donors (Lipinski definition) is 1. The molecule has 4 aromatic rings. The Labute approximate surface area is 196 Å². The van der Waals surface area contributed by atoms with Crippen molar-refractivity contribution >= 4 is 11.8 Å². The van der Waals surface area contributed by atoms with Crippen LogP contribution in [0.3, 0.4) is 0 Å². The summed E-state index contributed by atoms with van der Waals surface area (Å²) in [5, 5.41) is 20.1. The number of para-hydroxylation sites is 1. The van der Waals surface area contributed by atoms with Crippen molar-refractivity contribution in [2.24, 2.45) is 0 Å². The second-order valence-corrected chi connectivity index (χ2v) is 8.51. The molecule has 0 bridgehead atoms. The number of ether oxygens (including phenoxy) is 3. The van der Waals surface area contributed by atoms with E-state index in [0.717, 1.165) is 22.2 Å². The highest BCUT2D eigenvalue weighted by molar-refractivity contribution is 7.99. The highest BCUT2D eigenvalue weighted by atomic mass is 32.2. The molecule has 0 fully saturated rings. The first-order valence-corrected chi connectivity index (χ1v) is 11.6. The second kappa shape index (κ2) is 9.97. The maximum Gasteiger partial charge on any atom is 0.231 e. The number of aromatic nitrogens is 3. The fourth-order valence-electron chi connectivity index (χ4n) is 3.50. The minimum absolute atomic E-state index is 0.156. The summed E-state index contributed by atoms with van der Waals surface area (Å²) < 4.78 is 18.5. The van der Waals surface area contributed by atoms with Crippen LogP contribution < -0.4 is 14.2 Å². The average molecular weight is 462 g/mol. The van der Waals surface area contributed by atoms with E-state index in [4.69, 9.17) is 14.2 Å². The summed E-state index contributed by atoms with van der Waals surface area (Å²) in [6.07, 6.45) is -0.0158. The van der Waals surface area contributed by atoms with E-state index >= 15 is 0 Å². The fraction of sp³-hybridized carbons (Fsp3) is 0.200. The first-order chi connectivity index (χ1) is 16.3. The van der Waals surface area contributed by atoms with Gasteiger partial charge in [0.05, 0.1) is 6.10 Å². The predicted molar refractivity (Wildman–Crippen MR) is 125 cm³/mol. The Hall–Kier alpha value is -3.49. The summed E-state index contributed by atoms with van der Waals surface area (Å²) in [5.41, 5.74) is 2.15. The fourth-order valence-corrected chi connectivity index (χ4v) is 4.38. The lowest BCUT2D eigenvalue weighted by Gasteiger charge is -2.13. The predicted octanol–water partition coefficient (Wildman–Crippen LogP) is 4.12. The molecule has 33 heavy (non-hydrogen) atoms. The van der Waals surface area contributed by atoms with Crippen LogP contribution >= 0.6 is 11.8 Å². The van der Waals surface area contributed by atoms with Crippen molar-refractivity contribution in [2.75, 3.05) is 19.2 Å². The summed E-state index contributed by atoms with van der Waals surface area (Å²) in [6.45, 7) is 0.370. The van der Waals surface area contributed by atoms with Crippen LogP contribution in [0.25, 0.3) is 5.69 Å². The minimum Gasteiger partial charge on any atom is -0.491 e. The molecule has 2 heterocycles. The molecule has 3 aromatic carbocycles. The third-order valence-corrected chi connectivity index (χ3v) is 6.18. The third-order valence-electron chi connectivity index (χ3n) is 5.11. The van der Waals surface area contributed by atoms with Gasteiger partial charge in [0.1, 0.15) is 18.2 Å². The van der Waals surface area contributed by atoms with Gasteiger partial charge >= 0.3 is 0 Å². The van der Waals surface area contributed by atoms with Gasteiger partial charge in [-0.25, -0.2) is 0 Å². The van der Waals surface area contributed by atoms with E-state index in [2.05, 4.69) is 22.3 Å². The summed E-state index contributed by atoms with van der Waals surface area (Å²) in [7, 11) is 0. The van der Waals surface area contributed by atoms with Crippen LogP contribution in [-0.4, -0.2) is 45.1 Å². The van der Waals surface area contributed by atoms with Gasteiger partial charge in [-0.2, -0.15) is 0 Å². The maximum atomic E-state index is 10.5. The largest absolute Gasteiger partial charge is 0.491 e. The SMILES string of the molecule is OC(COc1ccc2c(c1)OCO2)CSc1nnc(Cc2ccccc2)n1-c1ccccc1. The Morgan fingerprint density at radius 1 is 0.939 bits per heavy atom. The lowest BCUT2D eigenvalue weighted by atomic mass is 10.1. The first-order valence-electron chi connectivity index (χ1n) is 10.6. The van der Waals surface area contributed by atoms with Gasteiger partial charge in [0, 0.05) is 23.9 Å². The molecule has 5 rings (SSSR count). The van der Waals surface area contributed by atoms with Gasteiger partial charge in [-0.05, 0) is 29.8 Å². The van der Waals surface area contributed by atoms with Crippen LogP contribution in [0.15, 0.2) is 84.0 Å². The zero-order chi connectivity index (χ0) is 22.5. The molecule has 0 spiro atoms. The van der Waals surface area contributed by atoms with Gasteiger partial charge in [-0.3, -0.25) is 4.57 Å². The standard InChI is InChI=1S/C25H23N3O4S/c29-20(15-30-21-11-12-22-23(14-21)32-17-31-22)16-33-25-27-26-24(13-18-7-3-1-4-8-18)28(25)19-9-5-2-6-10-19/h1-12,14,20,29H,13,15-17H2. The molecule has 1 aliphatic heterocycles. The Bertz CT molecular complexity index is 1200. The molecule has 8 heteroatoms. The van der Waals surface area contributed by atoms with Crippen molar-refractivity contribution in [2.45, 2.75) is 17.7 Å². The number of nitrogens with zero attached hydrogens (tertiary/aromatic N) is 3. The monoisotopic (exact) mass is 461 g/mol. The second-order valence-electron chi connectivity index (χ2n) is 7.52. The zero-order valence-corrected chi connectivity index (χ0v) is 18.6. The molecule has 0 saturated carbocycles. The summed E-state index contributed by atoms with van der Waals surface area (Å²) in [4.78, 5) is 0. The number of aliphatic hydroxyl groups is 1. The molecule has 1 aliphatic rings. The van der Waals surface area contributed by atoms with E-state index in [-0.39, 0.29) is 13.4 Å². The normalized spacial score (nSPS) is 13.1. The summed E-state index contributed by atoms with van der Waals surface area (Å²) in [5.74, 6) is 3.24. The third kappa shape index (κ3) is 5.13. The van der Waals surface area contributed by atoms with E-state index < -0.39 is 6.10 Å². The number of fused-ring (bicyclic) bond motifs is 1. The lowest BCUT2D eigenvalue weighted by Crippen LogP contribution is -2.20. The molecule has 0 amide bonds. The maximum absolute atomic E-state index is 10.5. The molecular formula is C25H23N3O4S. The van der Waals surface area contributed by atoms with Crippen molar-refractivity contribution in [3.05, 3.63) is 90.3 Å². The van der Waals surface area contributed by atoms with Crippen molar-refractivity contribution in [1.29, 1.82) is 0 Å². The van der Waals surface area contributed by atoms with E-state index in [9.17, 15) is 5.11 Å². The lowest BCUT2D eigenvalue weighted by molar-refractivity contribution is 0.126. The Morgan fingerprint density at radius 3 is 2.52 bits per heavy atom. The Balaban J connectivity index is 1.26. The molecule has 168 valence electrons. The van der Waals surface area contributed by atoms with Crippen molar-refractivity contribution < 1.29 is 19.3 Å². The molecule has 1 atom stereocenters. The van der Waals surface area contributed by atoms with Gasteiger partial charge in [0.15, 0.2) is 16.7 Å². The van der Waals surface area contributed by atoms with Crippen molar-refractivity contribution in [3.8, 4) is 22.9 Å². The van der Waals surface area contributed by atoms with Crippen LogP contribution in [0.5, 0.6) is 17.2 Å². The number of aliphatic hydroxyl groups excluding tert-OH is 1. The smallest absolute Gasteiger partial charge is 0.231 e. The van der Waals surface area contributed by atoms with E-state index in [0.29, 0.717) is 29.4 Å². The van der Waals surface area contributed by atoms with Gasteiger partial charge < -0.3 is 19.3 Å². The number of thioether (sulfide) groups is 1. The topological polar surface area (TPSA) is 78.6 Å². The van der Waals surface area contributed by atoms with Crippen molar-refractivity contribution in [3.63, 3.8) is 0 Å². The van der Waals surface area contributed by atoms with Gasteiger partial charge in [0.25, 0.3) is 0 Å². The highest BCUT2D eigenvalue weighted by Crippen LogP contribution is 2.35. The van der Waals surface area contributed by atoms with Crippen LogP contribution in [0, 0.1) is 0 Å². The van der Waals surface area contributed by atoms with Crippen LogP contribution in [0.1, 0.15) is 11.4 Å². The van der Waals surface area contributed by atoms with Gasteiger partial charge in [-0.15, -0.1) is 10.2 Å². The number of benzene rings is 3. The average Bonchev–Trinajstić information content (AvgIpc) is 3.49.